The molecule has 2 aromatic carbocycles. The zero-order valence-corrected chi connectivity index (χ0v) is 17.0. The van der Waals surface area contributed by atoms with Gasteiger partial charge in [-0.15, -0.1) is 0 Å². The van der Waals surface area contributed by atoms with Crippen LogP contribution in [0.5, 0.6) is 0 Å². The minimum Gasteiger partial charge on any atom is -0.459 e. The molecule has 0 radical (unpaired) electrons. The van der Waals surface area contributed by atoms with Crippen molar-refractivity contribution in [1.29, 1.82) is 0 Å². The Bertz CT molecular complexity index is 1120. The van der Waals surface area contributed by atoms with E-state index in [1.165, 1.54) is 6.07 Å². The molecule has 144 valence electrons. The van der Waals surface area contributed by atoms with Crippen LogP contribution in [0.25, 0.3) is 11.0 Å². The third-order valence-corrected chi connectivity index (χ3v) is 4.81. The van der Waals surface area contributed by atoms with Gasteiger partial charge in [-0.3, -0.25) is 9.59 Å². The lowest BCUT2D eigenvalue weighted by Crippen LogP contribution is -2.30. The molecule has 3 aromatic rings. The summed E-state index contributed by atoms with van der Waals surface area (Å²) < 4.78 is 11.2. The van der Waals surface area contributed by atoms with E-state index < -0.39 is 11.6 Å². The number of carbonyl (C=O) groups excluding carboxylic acids is 2. The molecule has 0 aliphatic heterocycles. The van der Waals surface area contributed by atoms with Gasteiger partial charge in [0, 0.05) is 27.1 Å². The van der Waals surface area contributed by atoms with Crippen LogP contribution in [0.3, 0.4) is 0 Å². The van der Waals surface area contributed by atoms with Gasteiger partial charge in [-0.1, -0.05) is 22.0 Å². The van der Waals surface area contributed by atoms with E-state index in [4.69, 9.17) is 9.15 Å². The molecule has 0 aliphatic rings. The monoisotopic (exact) mass is 443 g/mol. The van der Waals surface area contributed by atoms with Gasteiger partial charge >= 0.3 is 11.6 Å². The Balaban J connectivity index is 1.65. The maximum absolute atomic E-state index is 12.1. The van der Waals surface area contributed by atoms with Crippen LogP contribution < -0.4 is 10.9 Å². The van der Waals surface area contributed by atoms with Crippen LogP contribution in [0.1, 0.15) is 27.0 Å². The molecule has 0 unspecified atom stereocenters. The van der Waals surface area contributed by atoms with E-state index in [1.807, 2.05) is 19.9 Å². The molecule has 6 nitrogen and oxygen atoms in total. The normalized spacial score (nSPS) is 10.7. The predicted molar refractivity (Wildman–Crippen MR) is 108 cm³/mol. The average molecular weight is 444 g/mol. The molecule has 1 aromatic heterocycles. The Morgan fingerprint density at radius 3 is 2.61 bits per heavy atom. The maximum Gasteiger partial charge on any atom is 0.336 e. The SMILES string of the molecule is Cc1cc2oc(=O)cc(COC(=O)CNC(=O)c3cccc(Br)c3)c2cc1C. The summed E-state index contributed by atoms with van der Waals surface area (Å²) in [7, 11) is 0. The first kappa shape index (κ1) is 19.8. The van der Waals surface area contributed by atoms with Crippen LogP contribution in [0.2, 0.25) is 0 Å². The van der Waals surface area contributed by atoms with Crippen LogP contribution in [-0.4, -0.2) is 18.4 Å². The lowest BCUT2D eigenvalue weighted by Gasteiger charge is -2.10. The zero-order chi connectivity index (χ0) is 20.3. The summed E-state index contributed by atoms with van der Waals surface area (Å²) in [5, 5.41) is 3.23. The maximum atomic E-state index is 12.1. The number of ether oxygens (including phenoxy) is 1. The second-order valence-electron chi connectivity index (χ2n) is 6.38. The lowest BCUT2D eigenvalue weighted by atomic mass is 10.0. The van der Waals surface area contributed by atoms with Gasteiger partial charge in [0.05, 0.1) is 0 Å². The molecule has 0 spiro atoms. The van der Waals surface area contributed by atoms with Crippen LogP contribution in [0.4, 0.5) is 0 Å². The van der Waals surface area contributed by atoms with Crippen molar-refractivity contribution in [3.63, 3.8) is 0 Å². The first-order valence-electron chi connectivity index (χ1n) is 8.57. The van der Waals surface area contributed by atoms with Gasteiger partial charge in [-0.25, -0.2) is 4.79 Å². The number of fused-ring (bicyclic) bond motifs is 1. The number of amides is 1. The minimum atomic E-state index is -0.603. The number of nitrogens with one attached hydrogen (secondary N) is 1. The van der Waals surface area contributed by atoms with Crippen molar-refractivity contribution in [1.82, 2.24) is 5.32 Å². The second kappa shape index (κ2) is 8.39. The van der Waals surface area contributed by atoms with E-state index >= 15 is 0 Å². The molecule has 0 saturated carbocycles. The van der Waals surface area contributed by atoms with Gasteiger partial charge in [0.25, 0.3) is 5.91 Å². The Kier molecular flexibility index (Phi) is 5.94. The number of benzene rings is 2. The van der Waals surface area contributed by atoms with Crippen molar-refractivity contribution < 1.29 is 18.7 Å². The van der Waals surface area contributed by atoms with E-state index in [2.05, 4.69) is 21.2 Å². The Hall–Kier alpha value is -2.93. The first-order valence-corrected chi connectivity index (χ1v) is 9.36. The highest BCUT2D eigenvalue weighted by Gasteiger charge is 2.12. The highest BCUT2D eigenvalue weighted by atomic mass is 79.9. The quantitative estimate of drug-likeness (QED) is 0.480. The molecule has 0 fully saturated rings. The molecule has 1 amide bonds. The summed E-state index contributed by atoms with van der Waals surface area (Å²) >= 11 is 3.29. The Labute approximate surface area is 169 Å². The topological polar surface area (TPSA) is 85.6 Å². The summed E-state index contributed by atoms with van der Waals surface area (Å²) in [6.07, 6.45) is 0. The number of esters is 1. The second-order valence-corrected chi connectivity index (χ2v) is 7.29. The third-order valence-electron chi connectivity index (χ3n) is 4.31. The Morgan fingerprint density at radius 1 is 1.11 bits per heavy atom. The minimum absolute atomic E-state index is 0.0871. The van der Waals surface area contributed by atoms with Crippen LogP contribution >= 0.6 is 15.9 Å². The van der Waals surface area contributed by atoms with Crippen molar-refractivity contribution >= 4 is 38.8 Å². The molecule has 3 rings (SSSR count). The van der Waals surface area contributed by atoms with Crippen molar-refractivity contribution in [2.45, 2.75) is 20.5 Å². The van der Waals surface area contributed by atoms with Crippen LogP contribution in [0.15, 0.2) is 56.1 Å². The molecule has 7 heteroatoms. The van der Waals surface area contributed by atoms with Gasteiger partial charge in [0.15, 0.2) is 0 Å². The lowest BCUT2D eigenvalue weighted by molar-refractivity contribution is -0.143. The summed E-state index contributed by atoms with van der Waals surface area (Å²) in [6, 6.07) is 11.8. The smallest absolute Gasteiger partial charge is 0.336 e. The van der Waals surface area contributed by atoms with Crippen molar-refractivity contribution in [3.05, 3.63) is 79.6 Å². The highest BCUT2D eigenvalue weighted by Crippen LogP contribution is 2.22. The van der Waals surface area contributed by atoms with Gasteiger partial charge < -0.3 is 14.5 Å². The standard InChI is InChI=1S/C21H18BrNO5/c1-12-6-17-15(9-19(24)28-18(17)7-13(12)2)11-27-20(25)10-23-21(26)14-4-3-5-16(22)8-14/h3-9H,10-11H2,1-2H3,(H,23,26). The molecule has 0 atom stereocenters. The van der Waals surface area contributed by atoms with Crippen LogP contribution in [-0.2, 0) is 16.1 Å². The molecular formula is C21H18BrNO5. The average Bonchev–Trinajstić information content (AvgIpc) is 2.65. The number of aryl methyl sites for hydroxylation is 2. The summed E-state index contributed by atoms with van der Waals surface area (Å²) in [5.41, 5.74) is 2.96. The fourth-order valence-corrected chi connectivity index (χ4v) is 3.10. The molecule has 1 heterocycles. The van der Waals surface area contributed by atoms with Gasteiger partial charge in [0.2, 0.25) is 0 Å². The number of halogens is 1. The molecule has 0 bridgehead atoms. The predicted octanol–water partition coefficient (Wildman–Crippen LogP) is 3.65. The van der Waals surface area contributed by atoms with E-state index in [0.29, 0.717) is 22.1 Å². The van der Waals surface area contributed by atoms with Crippen LogP contribution in [0, 0.1) is 13.8 Å². The van der Waals surface area contributed by atoms with Gasteiger partial charge in [-0.05, 0) is 55.3 Å². The van der Waals surface area contributed by atoms with E-state index in [0.717, 1.165) is 15.6 Å². The molecule has 0 aliphatic carbocycles. The van der Waals surface area contributed by atoms with Crippen molar-refractivity contribution in [2.75, 3.05) is 6.54 Å². The Morgan fingerprint density at radius 2 is 1.86 bits per heavy atom. The van der Waals surface area contributed by atoms with Gasteiger partial charge in [0.1, 0.15) is 18.7 Å². The molecular weight excluding hydrogens is 426 g/mol. The summed E-state index contributed by atoms with van der Waals surface area (Å²) in [5.74, 6) is -0.983. The highest BCUT2D eigenvalue weighted by molar-refractivity contribution is 9.10. The fraction of sp³-hybridized carbons (Fsp3) is 0.190. The number of hydrogen-bond acceptors (Lipinski definition) is 5. The largest absolute Gasteiger partial charge is 0.459 e. The number of hydrogen-bond donors (Lipinski definition) is 1. The fourth-order valence-electron chi connectivity index (χ4n) is 2.70. The summed E-state index contributed by atoms with van der Waals surface area (Å²) in [6.45, 7) is 3.52. The molecule has 0 saturated heterocycles. The number of carbonyl (C=O) groups is 2. The van der Waals surface area contributed by atoms with Crippen molar-refractivity contribution in [2.24, 2.45) is 0 Å². The van der Waals surface area contributed by atoms with E-state index in [-0.39, 0.29) is 19.1 Å². The summed E-state index contributed by atoms with van der Waals surface area (Å²) in [4.78, 5) is 35.9. The number of rotatable bonds is 5. The van der Waals surface area contributed by atoms with E-state index in [1.54, 1.807) is 30.3 Å². The van der Waals surface area contributed by atoms with E-state index in [9.17, 15) is 14.4 Å². The first-order chi connectivity index (χ1) is 13.3. The molecule has 1 N–H and O–H groups in total. The van der Waals surface area contributed by atoms with Gasteiger partial charge in [-0.2, -0.15) is 0 Å². The molecule has 28 heavy (non-hydrogen) atoms. The zero-order valence-electron chi connectivity index (χ0n) is 15.4. The van der Waals surface area contributed by atoms with Crippen molar-refractivity contribution in [3.8, 4) is 0 Å². The third kappa shape index (κ3) is 4.67.